The lowest BCUT2D eigenvalue weighted by Crippen LogP contribution is -2.09. The van der Waals surface area contributed by atoms with Crippen molar-refractivity contribution < 1.29 is 28.0 Å². The van der Waals surface area contributed by atoms with Gasteiger partial charge in [0.05, 0.1) is 28.7 Å². The number of nitro benzene ring substituents is 1. The molecule has 0 spiro atoms. The molecule has 8 nitrogen and oxygen atoms in total. The van der Waals surface area contributed by atoms with Crippen LogP contribution < -0.4 is 14.8 Å². The summed E-state index contributed by atoms with van der Waals surface area (Å²) >= 11 is 5.69. The van der Waals surface area contributed by atoms with E-state index in [4.69, 9.17) is 16.3 Å². The van der Waals surface area contributed by atoms with Crippen LogP contribution in [0.4, 0.5) is 20.3 Å². The minimum Gasteiger partial charge on any atom is -0.493 e. The summed E-state index contributed by atoms with van der Waals surface area (Å²) < 4.78 is 34.0. The van der Waals surface area contributed by atoms with Gasteiger partial charge < -0.3 is 14.8 Å². The van der Waals surface area contributed by atoms with Gasteiger partial charge >= 0.3 is 6.61 Å². The first-order chi connectivity index (χ1) is 12.8. The number of pyridine rings is 1. The fourth-order valence-electron chi connectivity index (χ4n) is 1.99. The standard InChI is InChI=1S/C16H12ClF2N3O5/c1-26-12-6-9(11(22(24)25)7-13(12)27-16(18)19)2-5-15(23)21-14-4-3-10(17)8-20-14/h2-8,16H,1H3,(H,20,21,23)/b5-2+. The largest absolute Gasteiger partial charge is 0.493 e. The second-order valence-electron chi connectivity index (χ2n) is 4.88. The Morgan fingerprint density at radius 1 is 1.37 bits per heavy atom. The van der Waals surface area contributed by atoms with Crippen LogP contribution >= 0.6 is 11.6 Å². The topological polar surface area (TPSA) is 104 Å². The van der Waals surface area contributed by atoms with Crippen molar-refractivity contribution in [1.29, 1.82) is 0 Å². The van der Waals surface area contributed by atoms with Crippen LogP contribution in [-0.2, 0) is 4.79 Å². The summed E-state index contributed by atoms with van der Waals surface area (Å²) in [7, 11) is 1.19. The number of carbonyl (C=O) groups excluding carboxylic acids is 1. The summed E-state index contributed by atoms with van der Waals surface area (Å²) in [4.78, 5) is 26.2. The lowest BCUT2D eigenvalue weighted by Gasteiger charge is -2.10. The summed E-state index contributed by atoms with van der Waals surface area (Å²) in [5, 5.41) is 14.0. The molecule has 1 heterocycles. The zero-order valence-electron chi connectivity index (χ0n) is 13.7. The van der Waals surface area contributed by atoms with Crippen molar-refractivity contribution in [2.75, 3.05) is 12.4 Å². The number of hydrogen-bond acceptors (Lipinski definition) is 6. The second kappa shape index (κ2) is 8.90. The number of nitrogens with one attached hydrogen (secondary N) is 1. The molecule has 0 saturated carbocycles. The van der Waals surface area contributed by atoms with Crippen molar-refractivity contribution in [3.63, 3.8) is 0 Å². The fraction of sp³-hybridized carbons (Fsp3) is 0.125. The van der Waals surface area contributed by atoms with Crippen LogP contribution in [0.2, 0.25) is 5.02 Å². The Labute approximate surface area is 156 Å². The molecule has 0 atom stereocenters. The van der Waals surface area contributed by atoms with Crippen LogP contribution in [-0.4, -0.2) is 29.5 Å². The molecule has 2 aromatic rings. The van der Waals surface area contributed by atoms with Gasteiger partial charge in [-0.25, -0.2) is 4.98 Å². The number of amides is 1. The quantitative estimate of drug-likeness (QED) is 0.430. The van der Waals surface area contributed by atoms with Crippen LogP contribution in [0, 0.1) is 10.1 Å². The number of rotatable bonds is 7. The molecule has 142 valence electrons. The summed E-state index contributed by atoms with van der Waals surface area (Å²) in [6, 6.07) is 4.89. The number of nitrogens with zero attached hydrogens (tertiary/aromatic N) is 2. The van der Waals surface area contributed by atoms with Gasteiger partial charge in [-0.15, -0.1) is 0 Å². The minimum absolute atomic E-state index is 0.0438. The molecule has 2 rings (SSSR count). The van der Waals surface area contributed by atoms with Crippen molar-refractivity contribution in [2.24, 2.45) is 0 Å². The van der Waals surface area contributed by atoms with Crippen molar-refractivity contribution in [3.05, 3.63) is 57.2 Å². The summed E-state index contributed by atoms with van der Waals surface area (Å²) in [5.74, 6) is -1.04. The van der Waals surface area contributed by atoms with E-state index >= 15 is 0 Å². The number of aromatic nitrogens is 1. The minimum atomic E-state index is -3.18. The summed E-state index contributed by atoms with van der Waals surface area (Å²) in [6.45, 7) is -3.18. The molecule has 0 aliphatic carbocycles. The van der Waals surface area contributed by atoms with Crippen LogP contribution in [0.3, 0.4) is 0 Å². The predicted molar refractivity (Wildman–Crippen MR) is 93.2 cm³/mol. The number of nitro groups is 1. The number of alkyl halides is 2. The van der Waals surface area contributed by atoms with Gasteiger partial charge in [-0.05, 0) is 24.3 Å². The van der Waals surface area contributed by atoms with E-state index < -0.39 is 28.9 Å². The predicted octanol–water partition coefficient (Wildman–Crippen LogP) is 3.91. The molecule has 0 aliphatic rings. The van der Waals surface area contributed by atoms with Gasteiger partial charge in [0.2, 0.25) is 5.91 Å². The third-order valence-corrected chi connectivity index (χ3v) is 3.34. The number of anilines is 1. The Balaban J connectivity index is 2.27. The smallest absolute Gasteiger partial charge is 0.387 e. The highest BCUT2D eigenvalue weighted by Crippen LogP contribution is 2.36. The van der Waals surface area contributed by atoms with Crippen molar-refractivity contribution in [2.45, 2.75) is 6.61 Å². The molecule has 1 aromatic heterocycles. The molecule has 1 amide bonds. The normalized spacial score (nSPS) is 10.9. The van der Waals surface area contributed by atoms with E-state index in [-0.39, 0.29) is 17.1 Å². The lowest BCUT2D eigenvalue weighted by atomic mass is 10.1. The monoisotopic (exact) mass is 399 g/mol. The Kier molecular flexibility index (Phi) is 6.61. The van der Waals surface area contributed by atoms with Gasteiger partial charge in [0, 0.05) is 12.3 Å². The third kappa shape index (κ3) is 5.61. The SMILES string of the molecule is COc1cc(/C=C/C(=O)Nc2ccc(Cl)cn2)c([N+](=O)[O-])cc1OC(F)F. The lowest BCUT2D eigenvalue weighted by molar-refractivity contribution is -0.385. The highest BCUT2D eigenvalue weighted by atomic mass is 35.5. The van der Waals surface area contributed by atoms with Gasteiger partial charge in [0.1, 0.15) is 5.82 Å². The second-order valence-corrected chi connectivity index (χ2v) is 5.32. The molecule has 1 N–H and O–H groups in total. The number of benzene rings is 1. The Morgan fingerprint density at radius 3 is 2.67 bits per heavy atom. The van der Waals surface area contributed by atoms with Crippen molar-refractivity contribution in [1.82, 2.24) is 4.98 Å². The van der Waals surface area contributed by atoms with Gasteiger partial charge in [-0.2, -0.15) is 8.78 Å². The molecule has 0 radical (unpaired) electrons. The van der Waals surface area contributed by atoms with E-state index in [0.29, 0.717) is 5.02 Å². The van der Waals surface area contributed by atoms with E-state index in [0.717, 1.165) is 24.3 Å². The molecule has 0 fully saturated rings. The number of methoxy groups -OCH3 is 1. The molecule has 1 aromatic carbocycles. The highest BCUT2D eigenvalue weighted by molar-refractivity contribution is 6.30. The summed E-state index contributed by atoms with van der Waals surface area (Å²) in [6.07, 6.45) is 3.49. The molecule has 27 heavy (non-hydrogen) atoms. The van der Waals surface area contributed by atoms with E-state index in [1.165, 1.54) is 25.4 Å². The zero-order valence-corrected chi connectivity index (χ0v) is 14.4. The Bertz CT molecular complexity index is 875. The van der Waals surface area contributed by atoms with Gasteiger partial charge in [0.15, 0.2) is 11.5 Å². The molecule has 0 bridgehead atoms. The molecule has 11 heteroatoms. The van der Waals surface area contributed by atoms with Gasteiger partial charge in [0.25, 0.3) is 5.69 Å². The number of carbonyl (C=O) groups is 1. The van der Waals surface area contributed by atoms with Crippen molar-refractivity contribution in [3.8, 4) is 11.5 Å². The molecular weight excluding hydrogens is 388 g/mol. The average Bonchev–Trinajstić information content (AvgIpc) is 2.61. The third-order valence-electron chi connectivity index (χ3n) is 3.12. The first-order valence-electron chi connectivity index (χ1n) is 7.22. The van der Waals surface area contributed by atoms with Crippen LogP contribution in [0.15, 0.2) is 36.5 Å². The van der Waals surface area contributed by atoms with E-state index in [2.05, 4.69) is 15.0 Å². The molecule has 0 saturated heterocycles. The maximum absolute atomic E-state index is 12.4. The van der Waals surface area contributed by atoms with Crippen LogP contribution in [0.1, 0.15) is 5.56 Å². The first-order valence-corrected chi connectivity index (χ1v) is 7.60. The van der Waals surface area contributed by atoms with Crippen molar-refractivity contribution >= 4 is 35.1 Å². The molecule has 0 unspecified atom stereocenters. The van der Waals surface area contributed by atoms with Gasteiger partial charge in [-0.3, -0.25) is 14.9 Å². The van der Waals surface area contributed by atoms with E-state index in [1.807, 2.05) is 0 Å². The van der Waals surface area contributed by atoms with Crippen LogP contribution in [0.5, 0.6) is 11.5 Å². The van der Waals surface area contributed by atoms with E-state index in [1.54, 1.807) is 0 Å². The highest BCUT2D eigenvalue weighted by Gasteiger charge is 2.20. The maximum atomic E-state index is 12.4. The van der Waals surface area contributed by atoms with Crippen LogP contribution in [0.25, 0.3) is 6.08 Å². The first kappa shape index (κ1) is 20.0. The molecular formula is C16H12ClF2N3O5. The fourth-order valence-corrected chi connectivity index (χ4v) is 2.10. The van der Waals surface area contributed by atoms with Gasteiger partial charge in [-0.1, -0.05) is 11.6 Å². The molecule has 0 aliphatic heterocycles. The Morgan fingerprint density at radius 2 is 2.11 bits per heavy atom. The zero-order chi connectivity index (χ0) is 20.0. The maximum Gasteiger partial charge on any atom is 0.387 e. The number of ether oxygens (including phenoxy) is 2. The average molecular weight is 400 g/mol. The summed E-state index contributed by atoms with van der Waals surface area (Å²) in [5.41, 5.74) is -0.585. The number of hydrogen-bond donors (Lipinski definition) is 1. The Hall–Kier alpha value is -3.27. The van der Waals surface area contributed by atoms with E-state index in [9.17, 15) is 23.7 Å². The number of halogens is 3.